The fourth-order valence-corrected chi connectivity index (χ4v) is 1.88. The van der Waals surface area contributed by atoms with Crippen molar-refractivity contribution in [2.24, 2.45) is 0 Å². The van der Waals surface area contributed by atoms with E-state index in [1.165, 1.54) is 0 Å². The van der Waals surface area contributed by atoms with Gasteiger partial charge in [0.15, 0.2) is 0 Å². The zero-order valence-corrected chi connectivity index (χ0v) is 10.3. The Morgan fingerprint density at radius 1 is 1.06 bits per heavy atom. The van der Waals surface area contributed by atoms with E-state index in [1.54, 1.807) is 4.79 Å². The molecule has 3 rings (SSSR count). The Morgan fingerprint density at radius 3 is 2.67 bits per heavy atom. The molecule has 1 aromatic heterocycles. The first-order valence-electron chi connectivity index (χ1n) is 5.62. The maximum atomic E-state index is 5.84. The Kier molecular flexibility index (Phi) is 2.86. The lowest BCUT2D eigenvalue weighted by molar-refractivity contribution is 0.710. The summed E-state index contributed by atoms with van der Waals surface area (Å²) < 4.78 is 0. The molecule has 0 unspecified atom stereocenters. The molecule has 0 radical (unpaired) electrons. The van der Waals surface area contributed by atoms with Gasteiger partial charge in [-0.1, -0.05) is 35.9 Å². The summed E-state index contributed by atoms with van der Waals surface area (Å²) in [6.07, 6.45) is 0. The summed E-state index contributed by atoms with van der Waals surface area (Å²) in [5, 5.41) is 8.87. The Hall–Kier alpha value is -2.07. The molecule has 2 aromatic carbocycles. The van der Waals surface area contributed by atoms with Gasteiger partial charge in [0.05, 0.1) is 6.54 Å². The Morgan fingerprint density at radius 2 is 1.83 bits per heavy atom. The van der Waals surface area contributed by atoms with E-state index in [9.17, 15) is 0 Å². The van der Waals surface area contributed by atoms with Gasteiger partial charge in [-0.25, -0.2) is 0 Å². The molecule has 1 heterocycles. The number of halogens is 1. The molecule has 0 saturated carbocycles. The molecule has 18 heavy (non-hydrogen) atoms. The number of fused-ring (bicyclic) bond motifs is 1. The highest BCUT2D eigenvalue weighted by molar-refractivity contribution is 6.30. The second-order valence-corrected chi connectivity index (χ2v) is 4.39. The summed E-state index contributed by atoms with van der Waals surface area (Å²) in [6.45, 7) is 0.671. The number of hydrogen-bond acceptors (Lipinski definition) is 3. The van der Waals surface area contributed by atoms with Crippen LogP contribution in [0, 0.1) is 0 Å². The molecular weight excluding hydrogens is 248 g/mol. The fraction of sp³-hybridized carbons (Fsp3) is 0.0769. The molecule has 0 fully saturated rings. The summed E-state index contributed by atoms with van der Waals surface area (Å²) in [5.74, 6) is 0. The van der Waals surface area contributed by atoms with Crippen LogP contribution in [0.15, 0.2) is 48.5 Å². The number of benzene rings is 2. The van der Waals surface area contributed by atoms with Crippen molar-refractivity contribution in [1.29, 1.82) is 0 Å². The molecule has 0 aliphatic rings. The Labute approximate surface area is 109 Å². The molecule has 5 heteroatoms. The first kappa shape index (κ1) is 11.0. The van der Waals surface area contributed by atoms with Crippen LogP contribution in [-0.4, -0.2) is 15.1 Å². The van der Waals surface area contributed by atoms with E-state index >= 15 is 0 Å². The minimum atomic E-state index is 0.671. The zero-order chi connectivity index (χ0) is 12.4. The molecule has 4 nitrogen and oxygen atoms in total. The van der Waals surface area contributed by atoms with Crippen molar-refractivity contribution in [3.05, 3.63) is 59.1 Å². The van der Waals surface area contributed by atoms with E-state index in [1.807, 2.05) is 48.5 Å². The quantitative estimate of drug-likeness (QED) is 0.786. The Bertz CT molecular complexity index is 660. The second kappa shape index (κ2) is 4.66. The second-order valence-electron chi connectivity index (χ2n) is 3.95. The highest BCUT2D eigenvalue weighted by atomic mass is 35.5. The standard InChI is InChI=1S/C13H11ClN4/c14-11-7-5-10(6-8-11)9-15-18-13-4-2-1-3-12(13)16-17-18/h1-8,15H,9H2. The molecule has 0 bridgehead atoms. The van der Waals surface area contributed by atoms with Crippen molar-refractivity contribution in [3.63, 3.8) is 0 Å². The van der Waals surface area contributed by atoms with Crippen molar-refractivity contribution >= 4 is 22.6 Å². The van der Waals surface area contributed by atoms with Gasteiger partial charge >= 0.3 is 0 Å². The van der Waals surface area contributed by atoms with E-state index in [-0.39, 0.29) is 0 Å². The minimum Gasteiger partial charge on any atom is -0.304 e. The fourth-order valence-electron chi connectivity index (χ4n) is 1.75. The zero-order valence-electron chi connectivity index (χ0n) is 9.55. The van der Waals surface area contributed by atoms with Gasteiger partial charge in [0.1, 0.15) is 11.0 Å². The number of aromatic nitrogens is 3. The molecule has 0 atom stereocenters. The van der Waals surface area contributed by atoms with Crippen LogP contribution in [0.25, 0.3) is 11.0 Å². The maximum absolute atomic E-state index is 5.84. The third kappa shape index (κ3) is 2.15. The van der Waals surface area contributed by atoms with Crippen LogP contribution < -0.4 is 5.43 Å². The van der Waals surface area contributed by atoms with Crippen LogP contribution in [0.1, 0.15) is 5.56 Å². The highest BCUT2D eigenvalue weighted by Gasteiger charge is 2.02. The van der Waals surface area contributed by atoms with Crippen LogP contribution >= 0.6 is 11.6 Å². The lowest BCUT2D eigenvalue weighted by Crippen LogP contribution is -2.15. The van der Waals surface area contributed by atoms with Crippen LogP contribution in [0.2, 0.25) is 5.02 Å². The molecule has 0 spiro atoms. The Balaban J connectivity index is 1.79. The lowest BCUT2D eigenvalue weighted by Gasteiger charge is -2.06. The summed E-state index contributed by atoms with van der Waals surface area (Å²) in [4.78, 5) is 1.68. The van der Waals surface area contributed by atoms with Gasteiger partial charge in [0.25, 0.3) is 0 Å². The van der Waals surface area contributed by atoms with Crippen molar-refractivity contribution in [3.8, 4) is 0 Å². The van der Waals surface area contributed by atoms with Crippen LogP contribution in [0.4, 0.5) is 0 Å². The number of nitrogens with zero attached hydrogens (tertiary/aromatic N) is 3. The van der Waals surface area contributed by atoms with E-state index < -0.39 is 0 Å². The predicted octanol–water partition coefficient (Wildman–Crippen LogP) is 2.83. The first-order chi connectivity index (χ1) is 8.83. The average molecular weight is 259 g/mol. The normalized spacial score (nSPS) is 10.7. The lowest BCUT2D eigenvalue weighted by atomic mass is 10.2. The molecule has 0 amide bonds. The van der Waals surface area contributed by atoms with E-state index in [2.05, 4.69) is 15.7 Å². The van der Waals surface area contributed by atoms with Crippen molar-refractivity contribution in [2.45, 2.75) is 6.54 Å². The van der Waals surface area contributed by atoms with Gasteiger partial charge in [0.2, 0.25) is 0 Å². The molecule has 90 valence electrons. The van der Waals surface area contributed by atoms with E-state index in [0.29, 0.717) is 6.54 Å². The largest absolute Gasteiger partial charge is 0.304 e. The highest BCUT2D eigenvalue weighted by Crippen LogP contribution is 2.11. The van der Waals surface area contributed by atoms with Gasteiger partial charge in [-0.05, 0) is 35.0 Å². The first-order valence-corrected chi connectivity index (χ1v) is 5.99. The summed E-state index contributed by atoms with van der Waals surface area (Å²) in [7, 11) is 0. The minimum absolute atomic E-state index is 0.671. The summed E-state index contributed by atoms with van der Waals surface area (Å²) in [6, 6.07) is 15.5. The molecule has 0 saturated heterocycles. The summed E-state index contributed by atoms with van der Waals surface area (Å²) >= 11 is 5.84. The monoisotopic (exact) mass is 258 g/mol. The smallest absolute Gasteiger partial charge is 0.115 e. The molecule has 1 N–H and O–H groups in total. The number of rotatable bonds is 3. The average Bonchev–Trinajstić information content (AvgIpc) is 2.82. The van der Waals surface area contributed by atoms with Crippen molar-refractivity contribution in [2.75, 3.05) is 5.43 Å². The van der Waals surface area contributed by atoms with Gasteiger partial charge < -0.3 is 5.43 Å². The number of para-hydroxylation sites is 1. The molecule has 0 aliphatic heterocycles. The van der Waals surface area contributed by atoms with E-state index in [0.717, 1.165) is 21.6 Å². The van der Waals surface area contributed by atoms with Crippen molar-refractivity contribution < 1.29 is 0 Å². The van der Waals surface area contributed by atoms with Crippen LogP contribution in [-0.2, 0) is 6.54 Å². The number of nitrogens with one attached hydrogen (secondary N) is 1. The van der Waals surface area contributed by atoms with Gasteiger partial charge in [0, 0.05) is 5.02 Å². The third-order valence-corrected chi connectivity index (χ3v) is 2.95. The summed E-state index contributed by atoms with van der Waals surface area (Å²) in [5.41, 5.74) is 6.18. The predicted molar refractivity (Wildman–Crippen MR) is 72.0 cm³/mol. The molecular formula is C13H11ClN4. The SMILES string of the molecule is Clc1ccc(CNn2nnc3ccccc32)cc1. The number of hydrogen-bond donors (Lipinski definition) is 1. The van der Waals surface area contributed by atoms with E-state index in [4.69, 9.17) is 11.6 Å². The van der Waals surface area contributed by atoms with Crippen LogP contribution in [0.5, 0.6) is 0 Å². The van der Waals surface area contributed by atoms with Gasteiger partial charge in [-0.2, -0.15) is 4.79 Å². The molecule has 0 aliphatic carbocycles. The van der Waals surface area contributed by atoms with Crippen LogP contribution in [0.3, 0.4) is 0 Å². The van der Waals surface area contributed by atoms with Gasteiger partial charge in [-0.3, -0.25) is 0 Å². The van der Waals surface area contributed by atoms with Crippen molar-refractivity contribution in [1.82, 2.24) is 15.1 Å². The third-order valence-electron chi connectivity index (χ3n) is 2.70. The topological polar surface area (TPSA) is 42.7 Å². The molecule has 3 aromatic rings. The van der Waals surface area contributed by atoms with Gasteiger partial charge in [-0.15, -0.1) is 5.10 Å². The maximum Gasteiger partial charge on any atom is 0.115 e.